The van der Waals surface area contributed by atoms with E-state index in [1.807, 2.05) is 6.92 Å². The third kappa shape index (κ3) is 3.75. The first kappa shape index (κ1) is 9.23. The van der Waals surface area contributed by atoms with Crippen LogP contribution < -0.4 is 5.73 Å². The fourth-order valence-electron chi connectivity index (χ4n) is 0.490. The molecule has 0 atom stereocenters. The predicted octanol–water partition coefficient (Wildman–Crippen LogP) is 1.95. The number of rotatable bonds is 3. The smallest absolute Gasteiger partial charge is 0.103 e. The van der Waals surface area contributed by atoms with Crippen LogP contribution in [-0.2, 0) is 0 Å². The highest BCUT2D eigenvalue weighted by Crippen LogP contribution is 2.12. The van der Waals surface area contributed by atoms with E-state index in [0.717, 1.165) is 16.4 Å². The minimum absolute atomic E-state index is 0.445. The van der Waals surface area contributed by atoms with Gasteiger partial charge >= 0.3 is 0 Å². The molecule has 0 fully saturated rings. The van der Waals surface area contributed by atoms with Crippen molar-refractivity contribution in [2.45, 2.75) is 19.8 Å². The van der Waals surface area contributed by atoms with Gasteiger partial charge in [0.05, 0.1) is 0 Å². The lowest BCUT2D eigenvalue weighted by molar-refractivity contribution is 0.384. The summed E-state index contributed by atoms with van der Waals surface area (Å²) in [5.74, 6) is 0.445. The maximum Gasteiger partial charge on any atom is 0.103 e. The molecule has 0 aliphatic rings. The van der Waals surface area contributed by atoms with Crippen molar-refractivity contribution in [2.75, 3.05) is 6.54 Å². The van der Waals surface area contributed by atoms with Crippen molar-refractivity contribution in [3.8, 4) is 0 Å². The van der Waals surface area contributed by atoms with Gasteiger partial charge in [-0.05, 0) is 29.0 Å². The van der Waals surface area contributed by atoms with Crippen molar-refractivity contribution in [3.05, 3.63) is 9.34 Å². The van der Waals surface area contributed by atoms with Gasteiger partial charge in [-0.2, -0.15) is 0 Å². The van der Waals surface area contributed by atoms with Crippen molar-refractivity contribution in [1.29, 1.82) is 0 Å². The van der Waals surface area contributed by atoms with Crippen molar-refractivity contribution >= 4 is 22.6 Å². The zero-order valence-electron chi connectivity index (χ0n) is 5.52. The summed E-state index contributed by atoms with van der Waals surface area (Å²) in [6, 6.07) is 0. The van der Waals surface area contributed by atoms with Gasteiger partial charge in [-0.15, -0.1) is 0 Å². The van der Waals surface area contributed by atoms with Crippen molar-refractivity contribution in [1.82, 2.24) is 0 Å². The van der Waals surface area contributed by atoms with Crippen molar-refractivity contribution in [2.24, 2.45) is 5.73 Å². The number of hydrogen-bond donors (Lipinski definition) is 2. The Hall–Kier alpha value is 0.230. The summed E-state index contributed by atoms with van der Waals surface area (Å²) < 4.78 is 0.870. The lowest BCUT2D eigenvalue weighted by Gasteiger charge is -1.98. The van der Waals surface area contributed by atoms with Gasteiger partial charge in [-0.25, -0.2) is 0 Å². The largest absolute Gasteiger partial charge is 0.512 e. The van der Waals surface area contributed by atoms with Crippen LogP contribution in [0.4, 0.5) is 0 Å². The molecule has 0 saturated heterocycles. The highest BCUT2D eigenvalue weighted by Gasteiger charge is 1.96. The van der Waals surface area contributed by atoms with E-state index in [1.54, 1.807) is 0 Å². The zero-order chi connectivity index (χ0) is 7.28. The second kappa shape index (κ2) is 5.05. The van der Waals surface area contributed by atoms with Crippen molar-refractivity contribution < 1.29 is 5.11 Å². The SMILES string of the molecule is CCC/C(O)=C(\I)CN. The van der Waals surface area contributed by atoms with E-state index in [0.29, 0.717) is 12.3 Å². The van der Waals surface area contributed by atoms with Gasteiger partial charge in [0.15, 0.2) is 0 Å². The second-order valence-electron chi connectivity index (χ2n) is 1.81. The molecule has 3 N–H and O–H groups in total. The third-order valence-electron chi connectivity index (χ3n) is 0.979. The van der Waals surface area contributed by atoms with E-state index in [-0.39, 0.29) is 0 Å². The van der Waals surface area contributed by atoms with E-state index in [2.05, 4.69) is 22.6 Å². The molecule has 0 heterocycles. The van der Waals surface area contributed by atoms with Gasteiger partial charge < -0.3 is 10.8 Å². The number of hydrogen-bond acceptors (Lipinski definition) is 2. The standard InChI is InChI=1S/C6H12INO/c1-2-3-6(9)5(7)4-8/h9H,2-4,8H2,1H3/b6-5+. The third-order valence-corrected chi connectivity index (χ3v) is 2.04. The molecular weight excluding hydrogens is 229 g/mol. The van der Waals surface area contributed by atoms with Crippen LogP contribution in [0, 0.1) is 0 Å². The lowest BCUT2D eigenvalue weighted by Crippen LogP contribution is -2.00. The molecule has 0 aliphatic heterocycles. The first-order valence-electron chi connectivity index (χ1n) is 2.99. The Morgan fingerprint density at radius 1 is 1.67 bits per heavy atom. The Balaban J connectivity index is 3.78. The van der Waals surface area contributed by atoms with Crippen LogP contribution in [0.15, 0.2) is 9.34 Å². The average molecular weight is 241 g/mol. The maximum atomic E-state index is 9.11. The molecule has 2 nitrogen and oxygen atoms in total. The summed E-state index contributed by atoms with van der Waals surface area (Å²) in [4.78, 5) is 0. The molecule has 0 aliphatic carbocycles. The van der Waals surface area contributed by atoms with Gasteiger partial charge in [0.2, 0.25) is 0 Å². The zero-order valence-corrected chi connectivity index (χ0v) is 7.68. The Bertz CT molecular complexity index is 112. The summed E-state index contributed by atoms with van der Waals surface area (Å²) in [7, 11) is 0. The summed E-state index contributed by atoms with van der Waals surface area (Å²) in [5.41, 5.74) is 5.28. The molecule has 0 aromatic rings. The average Bonchev–Trinajstić information content (AvgIpc) is 1.87. The molecule has 0 rings (SSSR count). The Labute approximate surface area is 69.3 Å². The summed E-state index contributed by atoms with van der Waals surface area (Å²) in [5, 5.41) is 9.11. The minimum Gasteiger partial charge on any atom is -0.512 e. The topological polar surface area (TPSA) is 46.2 Å². The van der Waals surface area contributed by atoms with E-state index in [1.165, 1.54) is 0 Å². The fraction of sp³-hybridized carbons (Fsp3) is 0.667. The maximum absolute atomic E-state index is 9.11. The fourth-order valence-corrected chi connectivity index (χ4v) is 0.760. The second-order valence-corrected chi connectivity index (χ2v) is 3.11. The minimum atomic E-state index is 0.445. The molecule has 0 saturated carbocycles. The number of allylic oxidation sites excluding steroid dienone is 1. The highest BCUT2D eigenvalue weighted by atomic mass is 127. The molecule has 0 unspecified atom stereocenters. The van der Waals surface area contributed by atoms with Crippen LogP contribution in [0.25, 0.3) is 0 Å². The molecule has 0 bridgehead atoms. The molecule has 0 aromatic carbocycles. The summed E-state index contributed by atoms with van der Waals surface area (Å²) in [6.07, 6.45) is 1.72. The van der Waals surface area contributed by atoms with Gasteiger partial charge in [-0.1, -0.05) is 6.92 Å². The van der Waals surface area contributed by atoms with E-state index >= 15 is 0 Å². The molecule has 0 amide bonds. The normalized spacial score (nSPS) is 13.2. The van der Waals surface area contributed by atoms with Gasteiger partial charge in [0, 0.05) is 16.5 Å². The molecule has 3 heteroatoms. The Morgan fingerprint density at radius 3 is 2.56 bits per heavy atom. The molecule has 0 aromatic heterocycles. The van der Waals surface area contributed by atoms with Crippen LogP contribution in [0.2, 0.25) is 0 Å². The van der Waals surface area contributed by atoms with E-state index in [9.17, 15) is 0 Å². The lowest BCUT2D eigenvalue weighted by atomic mass is 10.3. The summed E-state index contributed by atoms with van der Waals surface area (Å²) >= 11 is 2.06. The Kier molecular flexibility index (Phi) is 5.18. The number of nitrogens with two attached hydrogens (primary N) is 1. The van der Waals surface area contributed by atoms with Gasteiger partial charge in [0.25, 0.3) is 0 Å². The van der Waals surface area contributed by atoms with Gasteiger partial charge in [-0.3, -0.25) is 0 Å². The number of aliphatic hydroxyl groups is 1. The first-order valence-corrected chi connectivity index (χ1v) is 4.06. The monoisotopic (exact) mass is 241 g/mol. The Morgan fingerprint density at radius 2 is 2.22 bits per heavy atom. The highest BCUT2D eigenvalue weighted by molar-refractivity contribution is 14.1. The van der Waals surface area contributed by atoms with Crippen LogP contribution in [-0.4, -0.2) is 11.7 Å². The quantitative estimate of drug-likeness (QED) is 0.586. The molecule has 54 valence electrons. The predicted molar refractivity (Wildman–Crippen MR) is 47.6 cm³/mol. The molecular formula is C6H12INO. The molecule has 9 heavy (non-hydrogen) atoms. The molecule has 0 spiro atoms. The van der Waals surface area contributed by atoms with E-state index < -0.39 is 0 Å². The van der Waals surface area contributed by atoms with Crippen LogP contribution in [0.1, 0.15) is 19.8 Å². The van der Waals surface area contributed by atoms with Crippen LogP contribution in [0.5, 0.6) is 0 Å². The number of aliphatic hydroxyl groups excluding tert-OH is 1. The van der Waals surface area contributed by atoms with Gasteiger partial charge in [0.1, 0.15) is 5.76 Å². The first-order chi connectivity index (χ1) is 4.22. The van der Waals surface area contributed by atoms with Crippen LogP contribution in [0.3, 0.4) is 0 Å². The molecule has 0 radical (unpaired) electrons. The summed E-state index contributed by atoms with van der Waals surface area (Å²) in [6.45, 7) is 2.48. The van der Waals surface area contributed by atoms with Crippen LogP contribution >= 0.6 is 22.6 Å². The van der Waals surface area contributed by atoms with E-state index in [4.69, 9.17) is 10.8 Å². The van der Waals surface area contributed by atoms with Crippen molar-refractivity contribution in [3.63, 3.8) is 0 Å². The number of halogens is 1.